The van der Waals surface area contributed by atoms with E-state index >= 15 is 0 Å². The second kappa shape index (κ2) is 5.44. The number of aryl methyl sites for hydroxylation is 2. The predicted octanol–water partition coefficient (Wildman–Crippen LogP) is 1.13. The standard InChI is InChI=1S/C11H20N4OS/c1-7(6-17-5)14(3)11(16)10-9(12)8(2)13-15(10)4/h7H,6,12H2,1-5H3. The molecule has 0 saturated carbocycles. The van der Waals surface area contributed by atoms with Crippen LogP contribution in [0.15, 0.2) is 0 Å². The van der Waals surface area contributed by atoms with Crippen molar-refractivity contribution >= 4 is 23.4 Å². The molecule has 17 heavy (non-hydrogen) atoms. The zero-order chi connectivity index (χ0) is 13.2. The Balaban J connectivity index is 2.96. The Hall–Kier alpha value is -1.17. The highest BCUT2D eigenvalue weighted by Gasteiger charge is 2.23. The molecule has 1 aromatic heterocycles. The van der Waals surface area contributed by atoms with Crippen LogP contribution in [0.3, 0.4) is 0 Å². The molecule has 1 aromatic rings. The minimum absolute atomic E-state index is 0.0767. The van der Waals surface area contributed by atoms with E-state index in [1.54, 1.807) is 42.4 Å². The van der Waals surface area contributed by atoms with E-state index in [-0.39, 0.29) is 11.9 Å². The van der Waals surface area contributed by atoms with Gasteiger partial charge in [0.1, 0.15) is 5.69 Å². The highest BCUT2D eigenvalue weighted by atomic mass is 32.2. The maximum absolute atomic E-state index is 12.3. The van der Waals surface area contributed by atoms with Gasteiger partial charge in [0.05, 0.1) is 11.4 Å². The number of nitrogen functional groups attached to an aromatic ring is 1. The molecule has 1 rings (SSSR count). The van der Waals surface area contributed by atoms with Crippen LogP contribution < -0.4 is 5.73 Å². The van der Waals surface area contributed by atoms with Gasteiger partial charge in [0.25, 0.3) is 5.91 Å². The number of carbonyl (C=O) groups excluding carboxylic acids is 1. The summed E-state index contributed by atoms with van der Waals surface area (Å²) in [7, 11) is 3.54. The Kier molecular flexibility index (Phi) is 4.45. The lowest BCUT2D eigenvalue weighted by atomic mass is 10.2. The number of thioether (sulfide) groups is 1. The Morgan fingerprint density at radius 1 is 1.65 bits per heavy atom. The van der Waals surface area contributed by atoms with Crippen LogP contribution >= 0.6 is 11.8 Å². The van der Waals surface area contributed by atoms with Crippen LogP contribution in [0.5, 0.6) is 0 Å². The highest BCUT2D eigenvalue weighted by Crippen LogP contribution is 2.18. The topological polar surface area (TPSA) is 64.2 Å². The Morgan fingerprint density at radius 3 is 2.65 bits per heavy atom. The molecule has 0 aromatic carbocycles. The molecule has 0 aliphatic heterocycles. The second-order valence-electron chi connectivity index (χ2n) is 4.19. The maximum atomic E-state index is 12.3. The number of anilines is 1. The van der Waals surface area contributed by atoms with Crippen LogP contribution in [-0.4, -0.2) is 45.7 Å². The van der Waals surface area contributed by atoms with E-state index in [9.17, 15) is 4.79 Å². The number of amides is 1. The maximum Gasteiger partial charge on any atom is 0.274 e. The number of aromatic nitrogens is 2. The third-order valence-electron chi connectivity index (χ3n) is 2.86. The van der Waals surface area contributed by atoms with Gasteiger partial charge in [-0.1, -0.05) is 0 Å². The van der Waals surface area contributed by atoms with E-state index in [4.69, 9.17) is 5.73 Å². The molecule has 1 unspecified atom stereocenters. The smallest absolute Gasteiger partial charge is 0.274 e. The molecule has 0 radical (unpaired) electrons. The summed E-state index contributed by atoms with van der Waals surface area (Å²) < 4.78 is 1.55. The van der Waals surface area contributed by atoms with Gasteiger partial charge < -0.3 is 10.6 Å². The number of hydrogen-bond acceptors (Lipinski definition) is 4. The molecule has 96 valence electrons. The van der Waals surface area contributed by atoms with Crippen LogP contribution in [-0.2, 0) is 7.05 Å². The Labute approximate surface area is 106 Å². The van der Waals surface area contributed by atoms with Crippen molar-refractivity contribution in [3.63, 3.8) is 0 Å². The number of nitrogens with two attached hydrogens (primary N) is 1. The van der Waals surface area contributed by atoms with Crippen molar-refractivity contribution < 1.29 is 4.79 Å². The van der Waals surface area contributed by atoms with Gasteiger partial charge in [-0.2, -0.15) is 16.9 Å². The molecule has 0 fully saturated rings. The molecule has 1 amide bonds. The van der Waals surface area contributed by atoms with E-state index < -0.39 is 0 Å². The van der Waals surface area contributed by atoms with Gasteiger partial charge in [-0.25, -0.2) is 0 Å². The average molecular weight is 256 g/mol. The summed E-state index contributed by atoms with van der Waals surface area (Å²) in [4.78, 5) is 14.0. The van der Waals surface area contributed by atoms with Crippen LogP contribution in [0.4, 0.5) is 5.69 Å². The first-order chi connectivity index (χ1) is 7.90. The zero-order valence-corrected chi connectivity index (χ0v) is 11.8. The first kappa shape index (κ1) is 13.9. The molecule has 0 bridgehead atoms. The summed E-state index contributed by atoms with van der Waals surface area (Å²) in [6.45, 7) is 3.82. The van der Waals surface area contributed by atoms with Crippen LogP contribution in [0.2, 0.25) is 0 Å². The van der Waals surface area contributed by atoms with Crippen molar-refractivity contribution in [1.29, 1.82) is 0 Å². The highest BCUT2D eigenvalue weighted by molar-refractivity contribution is 7.98. The summed E-state index contributed by atoms with van der Waals surface area (Å²) in [5.74, 6) is 0.825. The average Bonchev–Trinajstić information content (AvgIpc) is 2.51. The fraction of sp³-hybridized carbons (Fsp3) is 0.636. The van der Waals surface area contributed by atoms with Gasteiger partial charge >= 0.3 is 0 Å². The first-order valence-corrected chi connectivity index (χ1v) is 6.84. The normalized spacial score (nSPS) is 12.5. The van der Waals surface area contributed by atoms with Crippen molar-refractivity contribution in [3.05, 3.63) is 11.4 Å². The second-order valence-corrected chi connectivity index (χ2v) is 5.10. The van der Waals surface area contributed by atoms with Crippen molar-refractivity contribution in [1.82, 2.24) is 14.7 Å². The fourth-order valence-corrected chi connectivity index (χ4v) is 2.35. The van der Waals surface area contributed by atoms with Crippen molar-refractivity contribution in [3.8, 4) is 0 Å². The molecule has 1 heterocycles. The van der Waals surface area contributed by atoms with Gasteiger partial charge in [-0.3, -0.25) is 9.48 Å². The zero-order valence-electron chi connectivity index (χ0n) is 11.0. The number of hydrogen-bond donors (Lipinski definition) is 1. The van der Waals surface area contributed by atoms with Crippen LogP contribution in [0.1, 0.15) is 23.1 Å². The minimum atomic E-state index is -0.0767. The van der Waals surface area contributed by atoms with Crippen molar-refractivity contribution in [2.75, 3.05) is 24.8 Å². The van der Waals surface area contributed by atoms with Crippen molar-refractivity contribution in [2.24, 2.45) is 7.05 Å². The van der Waals surface area contributed by atoms with Gasteiger partial charge in [0.15, 0.2) is 0 Å². The first-order valence-electron chi connectivity index (χ1n) is 5.45. The van der Waals surface area contributed by atoms with Gasteiger partial charge in [0.2, 0.25) is 0 Å². The molecule has 6 heteroatoms. The third kappa shape index (κ3) is 2.74. The summed E-state index contributed by atoms with van der Waals surface area (Å²) in [6, 6.07) is 0.173. The number of carbonyl (C=O) groups is 1. The summed E-state index contributed by atoms with van der Waals surface area (Å²) >= 11 is 1.72. The van der Waals surface area contributed by atoms with Crippen molar-refractivity contribution in [2.45, 2.75) is 19.9 Å². The number of rotatable bonds is 4. The number of nitrogens with zero attached hydrogens (tertiary/aromatic N) is 3. The molecular weight excluding hydrogens is 236 g/mol. The minimum Gasteiger partial charge on any atom is -0.395 e. The third-order valence-corrected chi connectivity index (χ3v) is 3.68. The largest absolute Gasteiger partial charge is 0.395 e. The Bertz CT molecular complexity index is 416. The molecule has 5 nitrogen and oxygen atoms in total. The van der Waals surface area contributed by atoms with E-state index in [1.807, 2.05) is 13.2 Å². The van der Waals surface area contributed by atoms with E-state index in [1.165, 1.54) is 0 Å². The molecule has 0 aliphatic rings. The van der Waals surface area contributed by atoms with Crippen LogP contribution in [0.25, 0.3) is 0 Å². The molecule has 0 saturated heterocycles. The lowest BCUT2D eigenvalue weighted by molar-refractivity contribution is 0.0747. The Morgan fingerprint density at radius 2 is 2.24 bits per heavy atom. The van der Waals surface area contributed by atoms with Crippen LogP contribution in [0, 0.1) is 6.92 Å². The summed E-state index contributed by atoms with van der Waals surface area (Å²) in [6.07, 6.45) is 2.03. The summed E-state index contributed by atoms with van der Waals surface area (Å²) in [5.41, 5.74) is 7.52. The quantitative estimate of drug-likeness (QED) is 0.877. The lowest BCUT2D eigenvalue weighted by Gasteiger charge is -2.24. The van der Waals surface area contributed by atoms with Gasteiger partial charge in [0, 0.05) is 25.9 Å². The monoisotopic (exact) mass is 256 g/mol. The van der Waals surface area contributed by atoms with Gasteiger partial charge in [-0.05, 0) is 20.1 Å². The fourth-order valence-electron chi connectivity index (χ4n) is 1.65. The van der Waals surface area contributed by atoms with E-state index in [2.05, 4.69) is 5.10 Å². The molecule has 0 aliphatic carbocycles. The molecule has 1 atom stereocenters. The summed E-state index contributed by atoms with van der Waals surface area (Å²) in [5, 5.41) is 4.16. The molecule has 2 N–H and O–H groups in total. The predicted molar refractivity (Wildman–Crippen MR) is 72.3 cm³/mol. The van der Waals surface area contributed by atoms with Gasteiger partial charge in [-0.15, -0.1) is 0 Å². The van der Waals surface area contributed by atoms with E-state index in [0.717, 1.165) is 5.75 Å². The molecular formula is C11H20N4OS. The van der Waals surface area contributed by atoms with E-state index in [0.29, 0.717) is 17.1 Å². The SMILES string of the molecule is CSCC(C)N(C)C(=O)c1c(N)c(C)nn1C. The molecule has 0 spiro atoms. The lowest BCUT2D eigenvalue weighted by Crippen LogP contribution is -2.37.